The summed E-state index contributed by atoms with van der Waals surface area (Å²) in [4.78, 5) is 4.46. The van der Waals surface area contributed by atoms with Crippen LogP contribution < -0.4 is 11.1 Å². The summed E-state index contributed by atoms with van der Waals surface area (Å²) in [5.74, 6) is 0.443. The van der Waals surface area contributed by atoms with Gasteiger partial charge in [0.25, 0.3) is 0 Å². The fraction of sp³-hybridized carbons (Fsp3) is 0.438. The number of nitrogens with one attached hydrogen (secondary N) is 1. The maximum Gasteiger partial charge on any atom is 0.0948 e. The van der Waals surface area contributed by atoms with Crippen LogP contribution in [0.25, 0.3) is 10.9 Å². The Kier molecular flexibility index (Phi) is 4.58. The second-order valence-corrected chi connectivity index (χ2v) is 5.87. The van der Waals surface area contributed by atoms with Gasteiger partial charge in [-0.2, -0.15) is 0 Å². The lowest BCUT2D eigenvalue weighted by atomic mass is 9.93. The Balaban J connectivity index is 1.87. The minimum Gasteiger partial charge on any atom is -0.381 e. The quantitative estimate of drug-likeness (QED) is 0.911. The summed E-state index contributed by atoms with van der Waals surface area (Å²) in [6.07, 6.45) is 4.03. The van der Waals surface area contributed by atoms with Crippen molar-refractivity contribution in [3.63, 3.8) is 0 Å². The summed E-state index contributed by atoms with van der Waals surface area (Å²) in [5, 5.41) is 5.22. The van der Waals surface area contributed by atoms with Crippen LogP contribution in [-0.4, -0.2) is 30.8 Å². The smallest absolute Gasteiger partial charge is 0.0948 e. The Hall–Kier alpha value is -1.36. The van der Waals surface area contributed by atoms with Crippen LogP contribution in [0.3, 0.4) is 0 Å². The SMILES string of the molecule is NCC(Nc1ccc(Cl)c2cccnc12)C1CCCOC1. The van der Waals surface area contributed by atoms with Crippen molar-refractivity contribution in [2.75, 3.05) is 25.1 Å². The van der Waals surface area contributed by atoms with Crippen molar-refractivity contribution in [1.82, 2.24) is 4.98 Å². The minimum atomic E-state index is 0.191. The first kappa shape index (κ1) is 14.6. The largest absolute Gasteiger partial charge is 0.381 e. The fourth-order valence-electron chi connectivity index (χ4n) is 2.91. The van der Waals surface area contributed by atoms with E-state index in [9.17, 15) is 0 Å². The van der Waals surface area contributed by atoms with Gasteiger partial charge in [0, 0.05) is 36.7 Å². The number of pyridine rings is 1. The molecular weight excluding hydrogens is 286 g/mol. The third-order valence-electron chi connectivity index (χ3n) is 4.08. The number of ether oxygens (including phenoxy) is 1. The Bertz CT molecular complexity index is 613. The lowest BCUT2D eigenvalue weighted by Gasteiger charge is -2.31. The second kappa shape index (κ2) is 6.60. The lowest BCUT2D eigenvalue weighted by molar-refractivity contribution is 0.0485. The van der Waals surface area contributed by atoms with E-state index in [0.717, 1.165) is 42.6 Å². The minimum absolute atomic E-state index is 0.191. The molecule has 0 aliphatic carbocycles. The van der Waals surface area contributed by atoms with Crippen LogP contribution in [-0.2, 0) is 4.74 Å². The first-order chi connectivity index (χ1) is 10.3. The summed E-state index contributed by atoms with van der Waals surface area (Å²) in [5.41, 5.74) is 7.83. The molecule has 5 heteroatoms. The molecule has 112 valence electrons. The van der Waals surface area contributed by atoms with Gasteiger partial charge in [-0.25, -0.2) is 0 Å². The van der Waals surface area contributed by atoms with Crippen molar-refractivity contribution in [1.29, 1.82) is 0 Å². The van der Waals surface area contributed by atoms with Crippen LogP contribution in [0.5, 0.6) is 0 Å². The van der Waals surface area contributed by atoms with Crippen LogP contribution in [0.15, 0.2) is 30.5 Å². The van der Waals surface area contributed by atoms with E-state index in [-0.39, 0.29) is 6.04 Å². The van der Waals surface area contributed by atoms with E-state index >= 15 is 0 Å². The van der Waals surface area contributed by atoms with Gasteiger partial charge in [-0.05, 0) is 37.1 Å². The number of halogens is 1. The zero-order chi connectivity index (χ0) is 14.7. The van der Waals surface area contributed by atoms with E-state index in [1.807, 2.05) is 24.3 Å². The summed E-state index contributed by atoms with van der Waals surface area (Å²) >= 11 is 6.24. The standard InChI is InChI=1S/C16H20ClN3O/c17-13-5-6-14(16-12(13)4-1-7-19-16)20-15(9-18)11-3-2-8-21-10-11/h1,4-7,11,15,20H,2-3,8-10,18H2. The molecule has 4 nitrogen and oxygen atoms in total. The number of hydrogen-bond donors (Lipinski definition) is 2. The zero-order valence-corrected chi connectivity index (χ0v) is 12.6. The molecule has 0 spiro atoms. The van der Waals surface area contributed by atoms with Gasteiger partial charge in [0.1, 0.15) is 0 Å². The predicted octanol–water partition coefficient (Wildman–Crippen LogP) is 3.05. The number of rotatable bonds is 4. The van der Waals surface area contributed by atoms with Gasteiger partial charge in [0.05, 0.1) is 22.8 Å². The average Bonchev–Trinajstić information content (AvgIpc) is 2.55. The number of anilines is 1. The fourth-order valence-corrected chi connectivity index (χ4v) is 3.12. The molecule has 2 aromatic rings. The van der Waals surface area contributed by atoms with Crippen molar-refractivity contribution in [3.05, 3.63) is 35.5 Å². The summed E-state index contributed by atoms with van der Waals surface area (Å²) in [6, 6.07) is 7.95. The number of benzene rings is 1. The molecule has 2 unspecified atom stereocenters. The first-order valence-electron chi connectivity index (χ1n) is 7.37. The highest BCUT2D eigenvalue weighted by molar-refractivity contribution is 6.35. The molecule has 2 atom stereocenters. The van der Waals surface area contributed by atoms with Crippen LogP contribution in [0.4, 0.5) is 5.69 Å². The molecule has 1 aromatic heterocycles. The molecule has 3 N–H and O–H groups in total. The van der Waals surface area contributed by atoms with Gasteiger partial charge in [0.2, 0.25) is 0 Å². The molecule has 3 rings (SSSR count). The van der Waals surface area contributed by atoms with Crippen LogP contribution in [0.2, 0.25) is 5.02 Å². The maximum absolute atomic E-state index is 6.24. The Labute approximate surface area is 129 Å². The van der Waals surface area contributed by atoms with Crippen LogP contribution >= 0.6 is 11.6 Å². The van der Waals surface area contributed by atoms with E-state index in [1.165, 1.54) is 0 Å². The number of hydrogen-bond acceptors (Lipinski definition) is 4. The second-order valence-electron chi connectivity index (χ2n) is 5.46. The highest BCUT2D eigenvalue weighted by Crippen LogP contribution is 2.29. The zero-order valence-electron chi connectivity index (χ0n) is 11.9. The van der Waals surface area contributed by atoms with Gasteiger partial charge in [-0.1, -0.05) is 11.6 Å². The molecule has 0 saturated carbocycles. The maximum atomic E-state index is 6.24. The molecular formula is C16H20ClN3O. The Morgan fingerprint density at radius 3 is 3.10 bits per heavy atom. The predicted molar refractivity (Wildman–Crippen MR) is 86.8 cm³/mol. The molecule has 1 aliphatic rings. The van der Waals surface area contributed by atoms with E-state index in [4.69, 9.17) is 22.1 Å². The van der Waals surface area contributed by atoms with E-state index in [1.54, 1.807) is 6.20 Å². The molecule has 0 amide bonds. The van der Waals surface area contributed by atoms with Crippen LogP contribution in [0, 0.1) is 5.92 Å². The Morgan fingerprint density at radius 2 is 2.33 bits per heavy atom. The number of nitrogens with zero attached hydrogens (tertiary/aromatic N) is 1. The summed E-state index contributed by atoms with van der Waals surface area (Å²) < 4.78 is 5.58. The van der Waals surface area contributed by atoms with Gasteiger partial charge in [0.15, 0.2) is 0 Å². The first-order valence-corrected chi connectivity index (χ1v) is 7.75. The molecule has 1 aromatic carbocycles. The van der Waals surface area contributed by atoms with E-state index in [0.29, 0.717) is 17.5 Å². The van der Waals surface area contributed by atoms with E-state index < -0.39 is 0 Å². The van der Waals surface area contributed by atoms with Crippen molar-refractivity contribution >= 4 is 28.2 Å². The van der Waals surface area contributed by atoms with Crippen molar-refractivity contribution in [3.8, 4) is 0 Å². The number of aromatic nitrogens is 1. The van der Waals surface area contributed by atoms with Gasteiger partial charge < -0.3 is 15.8 Å². The third-order valence-corrected chi connectivity index (χ3v) is 4.41. The molecule has 0 bridgehead atoms. The highest BCUT2D eigenvalue weighted by Gasteiger charge is 2.23. The van der Waals surface area contributed by atoms with E-state index in [2.05, 4.69) is 10.3 Å². The number of fused-ring (bicyclic) bond motifs is 1. The summed E-state index contributed by atoms with van der Waals surface area (Å²) in [6.45, 7) is 2.21. The lowest BCUT2D eigenvalue weighted by Crippen LogP contribution is -2.40. The number of nitrogens with two attached hydrogens (primary N) is 1. The Morgan fingerprint density at radius 1 is 1.43 bits per heavy atom. The molecule has 2 heterocycles. The molecule has 1 saturated heterocycles. The highest BCUT2D eigenvalue weighted by atomic mass is 35.5. The van der Waals surface area contributed by atoms with Gasteiger partial charge in [-0.15, -0.1) is 0 Å². The molecule has 1 fully saturated rings. The monoisotopic (exact) mass is 305 g/mol. The van der Waals surface area contributed by atoms with Gasteiger partial charge in [-0.3, -0.25) is 4.98 Å². The third kappa shape index (κ3) is 3.12. The molecule has 21 heavy (non-hydrogen) atoms. The topological polar surface area (TPSA) is 60.2 Å². The van der Waals surface area contributed by atoms with Gasteiger partial charge >= 0.3 is 0 Å². The van der Waals surface area contributed by atoms with Crippen molar-refractivity contribution in [2.45, 2.75) is 18.9 Å². The molecule has 0 radical (unpaired) electrons. The normalized spacial score (nSPS) is 20.4. The molecule has 1 aliphatic heterocycles. The summed E-state index contributed by atoms with van der Waals surface area (Å²) in [7, 11) is 0. The van der Waals surface area contributed by atoms with Crippen LogP contribution in [0.1, 0.15) is 12.8 Å². The van der Waals surface area contributed by atoms with Crippen molar-refractivity contribution in [2.24, 2.45) is 11.7 Å². The average molecular weight is 306 g/mol. The van der Waals surface area contributed by atoms with Crippen molar-refractivity contribution < 1.29 is 4.74 Å².